The first-order valence-electron chi connectivity index (χ1n) is 5.49. The number of nitrogens with zero attached hydrogens (tertiary/aromatic N) is 1. The van der Waals surface area contributed by atoms with Crippen LogP contribution in [0.1, 0.15) is 13.3 Å². The van der Waals surface area contributed by atoms with Crippen molar-refractivity contribution >= 4 is 5.91 Å². The molecule has 1 aliphatic heterocycles. The van der Waals surface area contributed by atoms with Crippen LogP contribution in [0, 0.1) is 0 Å². The highest BCUT2D eigenvalue weighted by Gasteiger charge is 2.31. The van der Waals surface area contributed by atoms with Crippen LogP contribution in [0.15, 0.2) is 12.7 Å². The maximum atomic E-state index is 12.0. The predicted molar refractivity (Wildman–Crippen MR) is 60.8 cm³/mol. The van der Waals surface area contributed by atoms with Crippen LogP contribution in [0.4, 0.5) is 0 Å². The second-order valence-electron chi connectivity index (χ2n) is 4.11. The van der Waals surface area contributed by atoms with Crippen molar-refractivity contribution in [3.63, 3.8) is 0 Å². The minimum absolute atomic E-state index is 0.00571. The molecule has 3 atom stereocenters. The summed E-state index contributed by atoms with van der Waals surface area (Å²) in [4.78, 5) is 13.7. The number of hydrogen-bond donors (Lipinski definition) is 2. The molecule has 1 aliphatic rings. The summed E-state index contributed by atoms with van der Waals surface area (Å²) < 4.78 is 5.35. The van der Waals surface area contributed by atoms with Crippen molar-refractivity contribution < 1.29 is 14.6 Å². The molecule has 92 valence electrons. The zero-order valence-corrected chi connectivity index (χ0v) is 9.63. The third-order valence-electron chi connectivity index (χ3n) is 2.73. The fourth-order valence-electron chi connectivity index (χ4n) is 1.73. The highest BCUT2D eigenvalue weighted by atomic mass is 16.5. The molecule has 3 unspecified atom stereocenters. The first-order valence-corrected chi connectivity index (χ1v) is 5.49. The van der Waals surface area contributed by atoms with Gasteiger partial charge in [0.15, 0.2) is 0 Å². The molecule has 16 heavy (non-hydrogen) atoms. The van der Waals surface area contributed by atoms with Crippen LogP contribution in [-0.2, 0) is 9.53 Å². The summed E-state index contributed by atoms with van der Waals surface area (Å²) in [6.07, 6.45) is 1.81. The standard InChI is InChI=1S/C11H20N2O3/c1-3-4-10(12)11(15)13-5-9(6-14)16-7-8(13)2/h3,8-10,14H,1,4-7,12H2,2H3. The van der Waals surface area contributed by atoms with E-state index in [-0.39, 0.29) is 24.7 Å². The van der Waals surface area contributed by atoms with E-state index in [0.717, 1.165) is 0 Å². The van der Waals surface area contributed by atoms with Gasteiger partial charge in [-0.3, -0.25) is 4.79 Å². The van der Waals surface area contributed by atoms with E-state index in [4.69, 9.17) is 15.6 Å². The maximum Gasteiger partial charge on any atom is 0.240 e. The molecule has 3 N–H and O–H groups in total. The smallest absolute Gasteiger partial charge is 0.240 e. The van der Waals surface area contributed by atoms with Gasteiger partial charge in [-0.15, -0.1) is 6.58 Å². The van der Waals surface area contributed by atoms with Gasteiger partial charge in [-0.1, -0.05) is 6.08 Å². The average Bonchev–Trinajstić information content (AvgIpc) is 2.29. The molecule has 0 spiro atoms. The zero-order valence-electron chi connectivity index (χ0n) is 9.63. The number of carbonyl (C=O) groups is 1. The quantitative estimate of drug-likeness (QED) is 0.636. The van der Waals surface area contributed by atoms with Crippen LogP contribution in [-0.4, -0.2) is 53.9 Å². The Balaban J connectivity index is 2.61. The number of amides is 1. The Morgan fingerprint density at radius 3 is 3.06 bits per heavy atom. The molecule has 0 radical (unpaired) electrons. The van der Waals surface area contributed by atoms with Gasteiger partial charge in [-0.2, -0.15) is 0 Å². The number of ether oxygens (including phenoxy) is 1. The number of nitrogens with two attached hydrogens (primary N) is 1. The lowest BCUT2D eigenvalue weighted by Gasteiger charge is -2.38. The molecule has 0 aromatic carbocycles. The van der Waals surface area contributed by atoms with Crippen molar-refractivity contribution in [3.8, 4) is 0 Å². The molecule has 5 heteroatoms. The third kappa shape index (κ3) is 3.04. The van der Waals surface area contributed by atoms with Gasteiger partial charge in [-0.25, -0.2) is 0 Å². The fourth-order valence-corrected chi connectivity index (χ4v) is 1.73. The second kappa shape index (κ2) is 5.98. The van der Waals surface area contributed by atoms with Crippen LogP contribution >= 0.6 is 0 Å². The molecule has 1 fully saturated rings. The highest BCUT2D eigenvalue weighted by molar-refractivity contribution is 5.82. The molecule has 0 bridgehead atoms. The zero-order chi connectivity index (χ0) is 12.1. The Bertz CT molecular complexity index is 258. The van der Waals surface area contributed by atoms with Gasteiger partial charge in [0, 0.05) is 6.54 Å². The van der Waals surface area contributed by atoms with E-state index in [2.05, 4.69) is 6.58 Å². The molecule has 5 nitrogen and oxygen atoms in total. The summed E-state index contributed by atoms with van der Waals surface area (Å²) in [5.41, 5.74) is 5.74. The normalized spacial score (nSPS) is 27.6. The SMILES string of the molecule is C=CCC(N)C(=O)N1CC(CO)OCC1C. The lowest BCUT2D eigenvalue weighted by Crippen LogP contribution is -2.56. The Kier molecular flexibility index (Phi) is 4.92. The van der Waals surface area contributed by atoms with Gasteiger partial charge in [0.1, 0.15) is 0 Å². The van der Waals surface area contributed by atoms with Crippen molar-refractivity contribution in [2.45, 2.75) is 31.5 Å². The van der Waals surface area contributed by atoms with Crippen LogP contribution in [0.3, 0.4) is 0 Å². The highest BCUT2D eigenvalue weighted by Crippen LogP contribution is 2.13. The Labute approximate surface area is 95.9 Å². The van der Waals surface area contributed by atoms with Crippen molar-refractivity contribution in [1.29, 1.82) is 0 Å². The lowest BCUT2D eigenvalue weighted by molar-refractivity contribution is -0.147. The summed E-state index contributed by atoms with van der Waals surface area (Å²) in [5.74, 6) is -0.103. The number of aliphatic hydroxyl groups excluding tert-OH is 1. The number of morpholine rings is 1. The number of rotatable bonds is 4. The largest absolute Gasteiger partial charge is 0.394 e. The molecule has 0 aromatic heterocycles. The maximum absolute atomic E-state index is 12.0. The second-order valence-corrected chi connectivity index (χ2v) is 4.11. The number of carbonyl (C=O) groups excluding carboxylic acids is 1. The summed E-state index contributed by atoms with van der Waals surface area (Å²) >= 11 is 0. The van der Waals surface area contributed by atoms with Crippen molar-refractivity contribution in [2.24, 2.45) is 5.73 Å². The lowest BCUT2D eigenvalue weighted by atomic mass is 10.1. The van der Waals surface area contributed by atoms with Gasteiger partial charge in [0.2, 0.25) is 5.91 Å². The molecular formula is C11H20N2O3. The van der Waals surface area contributed by atoms with Crippen molar-refractivity contribution in [2.75, 3.05) is 19.8 Å². The number of aliphatic hydroxyl groups is 1. The minimum Gasteiger partial charge on any atom is -0.394 e. The van der Waals surface area contributed by atoms with Crippen molar-refractivity contribution in [1.82, 2.24) is 4.90 Å². The molecule has 1 saturated heterocycles. The molecule has 1 heterocycles. The first kappa shape index (κ1) is 13.2. The summed E-state index contributed by atoms with van der Waals surface area (Å²) in [5, 5.41) is 9.01. The summed E-state index contributed by atoms with van der Waals surface area (Å²) in [6, 6.07) is -0.538. The molecule has 0 aromatic rings. The molecular weight excluding hydrogens is 208 g/mol. The Hall–Kier alpha value is -0.910. The third-order valence-corrected chi connectivity index (χ3v) is 2.73. The van der Waals surface area contributed by atoms with E-state index in [1.165, 1.54) is 0 Å². The van der Waals surface area contributed by atoms with Crippen molar-refractivity contribution in [3.05, 3.63) is 12.7 Å². The van der Waals surface area contributed by atoms with Gasteiger partial charge < -0.3 is 20.5 Å². The van der Waals surface area contributed by atoms with E-state index >= 15 is 0 Å². The van der Waals surface area contributed by atoms with Gasteiger partial charge in [0.05, 0.1) is 31.4 Å². The van der Waals surface area contributed by atoms with Gasteiger partial charge in [-0.05, 0) is 13.3 Å². The van der Waals surface area contributed by atoms with Crippen LogP contribution in [0.25, 0.3) is 0 Å². The minimum atomic E-state index is -0.544. The van der Waals surface area contributed by atoms with Gasteiger partial charge >= 0.3 is 0 Å². The van der Waals surface area contributed by atoms with E-state index in [9.17, 15) is 4.79 Å². The van der Waals surface area contributed by atoms with Crippen LogP contribution < -0.4 is 5.73 Å². The van der Waals surface area contributed by atoms with E-state index in [0.29, 0.717) is 19.6 Å². The monoisotopic (exact) mass is 228 g/mol. The topological polar surface area (TPSA) is 75.8 Å². The summed E-state index contributed by atoms with van der Waals surface area (Å²) in [6.45, 7) is 6.24. The predicted octanol–water partition coefficient (Wildman–Crippen LogP) is -0.502. The van der Waals surface area contributed by atoms with Crippen LogP contribution in [0.2, 0.25) is 0 Å². The molecule has 1 rings (SSSR count). The Morgan fingerprint density at radius 1 is 1.81 bits per heavy atom. The first-order chi connectivity index (χ1) is 7.60. The average molecular weight is 228 g/mol. The molecule has 1 amide bonds. The Morgan fingerprint density at radius 2 is 2.50 bits per heavy atom. The van der Waals surface area contributed by atoms with Crippen LogP contribution in [0.5, 0.6) is 0 Å². The fraction of sp³-hybridized carbons (Fsp3) is 0.727. The van der Waals surface area contributed by atoms with E-state index in [1.54, 1.807) is 11.0 Å². The molecule has 0 aliphatic carbocycles. The van der Waals surface area contributed by atoms with E-state index in [1.807, 2.05) is 6.92 Å². The van der Waals surface area contributed by atoms with E-state index < -0.39 is 6.04 Å². The summed E-state index contributed by atoms with van der Waals surface area (Å²) in [7, 11) is 0. The van der Waals surface area contributed by atoms with Gasteiger partial charge in [0.25, 0.3) is 0 Å². The number of hydrogen-bond acceptors (Lipinski definition) is 4. The molecule has 0 saturated carbocycles.